The Morgan fingerprint density at radius 2 is 0.946 bits per heavy atom. The second kappa shape index (κ2) is 15.2. The molecular formula is C38H48F4N8O6. The lowest BCUT2D eigenvalue weighted by Crippen LogP contribution is -2.52. The lowest BCUT2D eigenvalue weighted by molar-refractivity contribution is 0.0662. The van der Waals surface area contributed by atoms with Gasteiger partial charge in [-0.2, -0.15) is 0 Å². The van der Waals surface area contributed by atoms with Gasteiger partial charge in [0.15, 0.2) is 23.3 Å². The Morgan fingerprint density at radius 3 is 1.29 bits per heavy atom. The van der Waals surface area contributed by atoms with Crippen LogP contribution in [0.1, 0.15) is 64.5 Å². The number of methoxy groups -OCH3 is 2. The van der Waals surface area contributed by atoms with Crippen LogP contribution in [-0.4, -0.2) is 129 Å². The number of imidazole rings is 2. The van der Waals surface area contributed by atoms with Gasteiger partial charge in [-0.3, -0.25) is 18.9 Å². The smallest absolute Gasteiger partial charge is 0.409 e. The summed E-state index contributed by atoms with van der Waals surface area (Å²) in [6.45, 7) is 9.89. The van der Waals surface area contributed by atoms with Crippen LogP contribution in [0.4, 0.5) is 27.2 Å². The minimum atomic E-state index is -0.972. The summed E-state index contributed by atoms with van der Waals surface area (Å²) in [5.41, 5.74) is 0.465. The van der Waals surface area contributed by atoms with Gasteiger partial charge in [0.2, 0.25) is 0 Å². The molecule has 6 heterocycles. The highest BCUT2D eigenvalue weighted by Crippen LogP contribution is 2.36. The summed E-state index contributed by atoms with van der Waals surface area (Å²) in [7, 11) is 2.77. The number of carbonyl (C=O) groups is 2. The molecule has 304 valence electrons. The van der Waals surface area contributed by atoms with Crippen LogP contribution in [-0.2, 0) is 9.47 Å². The average molecular weight is 789 g/mol. The van der Waals surface area contributed by atoms with Crippen LogP contribution in [0.25, 0.3) is 22.1 Å². The predicted molar refractivity (Wildman–Crippen MR) is 199 cm³/mol. The van der Waals surface area contributed by atoms with Crippen LogP contribution in [0.2, 0.25) is 0 Å². The molecule has 2 unspecified atom stereocenters. The van der Waals surface area contributed by atoms with Crippen molar-refractivity contribution >= 4 is 34.3 Å². The van der Waals surface area contributed by atoms with Gasteiger partial charge < -0.3 is 29.2 Å². The third kappa shape index (κ3) is 7.28. The lowest BCUT2D eigenvalue weighted by Gasteiger charge is -2.43. The summed E-state index contributed by atoms with van der Waals surface area (Å²) in [6.07, 6.45) is 4.00. The topological polar surface area (TPSA) is 141 Å². The molecule has 4 aromatic rings. The Morgan fingerprint density at radius 1 is 0.607 bits per heavy atom. The molecule has 2 aromatic carbocycles. The fourth-order valence-electron chi connectivity index (χ4n) is 9.27. The van der Waals surface area contributed by atoms with E-state index >= 15 is 0 Å². The van der Waals surface area contributed by atoms with Crippen LogP contribution in [0.15, 0.2) is 33.9 Å². The molecular weight excluding hydrogens is 740 g/mol. The fourth-order valence-corrected chi connectivity index (χ4v) is 9.27. The van der Waals surface area contributed by atoms with Crippen LogP contribution in [0.5, 0.6) is 0 Å². The standard InChI is InChI=1S/2C19H24F2N4O3/c2*1-19(5-8-23(11-19)18(27)28-2)24-6-3-12(4-7-24)25-16-10-14(21)13(20)9-15(16)22-17(25)26/h2*9-10,12H,3-8,11H2,1-2H3,(H,22,26). The Hall–Kier alpha value is -4.84. The number of fused-ring (bicyclic) bond motifs is 2. The molecule has 0 spiro atoms. The van der Waals surface area contributed by atoms with E-state index in [-0.39, 0.29) is 46.7 Å². The summed E-state index contributed by atoms with van der Waals surface area (Å²) in [6, 6.07) is 4.06. The van der Waals surface area contributed by atoms with Gasteiger partial charge in [0, 0.05) is 99.8 Å². The van der Waals surface area contributed by atoms with Crippen LogP contribution in [0.3, 0.4) is 0 Å². The second-order valence-electron chi connectivity index (χ2n) is 15.9. The van der Waals surface area contributed by atoms with Crippen molar-refractivity contribution in [3.63, 3.8) is 0 Å². The van der Waals surface area contributed by atoms with Gasteiger partial charge in [-0.15, -0.1) is 0 Å². The number of amides is 2. The minimum Gasteiger partial charge on any atom is -0.453 e. The number of aromatic nitrogens is 4. The molecule has 2 N–H and O–H groups in total. The number of nitrogens with one attached hydrogen (secondary N) is 2. The molecule has 4 fully saturated rings. The van der Waals surface area contributed by atoms with E-state index in [1.807, 2.05) is 0 Å². The van der Waals surface area contributed by atoms with Crippen molar-refractivity contribution < 1.29 is 36.6 Å². The Kier molecular flexibility index (Phi) is 10.7. The molecule has 0 bridgehead atoms. The fraction of sp³-hybridized carbons (Fsp3) is 0.579. The van der Waals surface area contributed by atoms with Gasteiger partial charge in [-0.1, -0.05) is 0 Å². The third-order valence-electron chi connectivity index (χ3n) is 12.5. The number of likely N-dealkylation sites (tertiary alicyclic amines) is 4. The van der Waals surface area contributed by atoms with E-state index < -0.39 is 23.3 Å². The normalized spacial score (nSPS) is 24.2. The number of hydrogen-bond acceptors (Lipinski definition) is 8. The largest absolute Gasteiger partial charge is 0.453 e. The van der Waals surface area contributed by atoms with Gasteiger partial charge >= 0.3 is 23.6 Å². The molecule has 2 aromatic heterocycles. The number of nitrogens with zero attached hydrogens (tertiary/aromatic N) is 6. The quantitative estimate of drug-likeness (QED) is 0.277. The van der Waals surface area contributed by atoms with Gasteiger partial charge in [0.25, 0.3) is 0 Å². The average Bonchev–Trinajstić information content (AvgIpc) is 3.95. The number of ether oxygens (including phenoxy) is 2. The molecule has 0 aliphatic carbocycles. The van der Waals surface area contributed by atoms with E-state index in [1.54, 1.807) is 18.9 Å². The molecule has 8 rings (SSSR count). The molecule has 14 nitrogen and oxygen atoms in total. The Balaban J connectivity index is 0.000000172. The minimum absolute atomic E-state index is 0.0796. The zero-order valence-corrected chi connectivity index (χ0v) is 32.0. The van der Waals surface area contributed by atoms with Crippen LogP contribution >= 0.6 is 0 Å². The summed E-state index contributed by atoms with van der Waals surface area (Å²) in [4.78, 5) is 61.8. The van der Waals surface area contributed by atoms with Gasteiger partial charge in [0.05, 0.1) is 36.3 Å². The molecule has 0 radical (unpaired) electrons. The van der Waals surface area contributed by atoms with Crippen molar-refractivity contribution in [2.24, 2.45) is 0 Å². The maximum atomic E-state index is 13.7. The molecule has 4 aliphatic rings. The number of aromatic amines is 2. The Bertz CT molecular complexity index is 2080. The van der Waals surface area contributed by atoms with Gasteiger partial charge in [-0.05, 0) is 52.4 Å². The lowest BCUT2D eigenvalue weighted by atomic mass is 9.93. The second-order valence-corrected chi connectivity index (χ2v) is 15.9. The third-order valence-corrected chi connectivity index (χ3v) is 12.5. The summed E-state index contributed by atoms with van der Waals surface area (Å²) >= 11 is 0. The summed E-state index contributed by atoms with van der Waals surface area (Å²) in [5.74, 6) is -3.86. The molecule has 0 saturated carbocycles. The number of H-pyrrole nitrogens is 2. The van der Waals surface area contributed by atoms with Crippen LogP contribution < -0.4 is 11.4 Å². The van der Waals surface area contributed by atoms with Gasteiger partial charge in [-0.25, -0.2) is 36.7 Å². The van der Waals surface area contributed by atoms with Crippen molar-refractivity contribution in [1.29, 1.82) is 0 Å². The number of carbonyl (C=O) groups excluding carboxylic acids is 2. The first-order valence-corrected chi connectivity index (χ1v) is 19.0. The van der Waals surface area contributed by atoms with E-state index in [0.29, 0.717) is 48.2 Å². The number of benzene rings is 2. The highest BCUT2D eigenvalue weighted by atomic mass is 19.2. The van der Waals surface area contributed by atoms with Gasteiger partial charge in [0.1, 0.15) is 0 Å². The van der Waals surface area contributed by atoms with Crippen molar-refractivity contribution in [1.82, 2.24) is 38.7 Å². The SMILES string of the molecule is COC(=O)N1CCC(C)(N2CCC(n3c(=O)[nH]c4cc(F)c(F)cc43)CC2)C1.COC(=O)N1CCC(C)(N2CCC(n3c(=O)[nH]c4cc(F)c(F)cc43)CC2)C1. The van der Waals surface area contributed by atoms with E-state index in [9.17, 15) is 36.7 Å². The molecule has 18 heteroatoms. The maximum Gasteiger partial charge on any atom is 0.409 e. The molecule has 4 saturated heterocycles. The highest BCUT2D eigenvalue weighted by molar-refractivity contribution is 5.76. The zero-order chi connectivity index (χ0) is 40.1. The van der Waals surface area contributed by atoms with E-state index in [0.717, 1.165) is 89.0 Å². The first-order valence-electron chi connectivity index (χ1n) is 19.0. The van der Waals surface area contributed by atoms with E-state index in [1.165, 1.54) is 14.2 Å². The number of piperidine rings is 2. The summed E-state index contributed by atoms with van der Waals surface area (Å²) in [5, 5.41) is 0. The van der Waals surface area contributed by atoms with E-state index in [4.69, 9.17) is 9.47 Å². The molecule has 56 heavy (non-hydrogen) atoms. The van der Waals surface area contributed by atoms with E-state index in [2.05, 4.69) is 33.6 Å². The highest BCUT2D eigenvalue weighted by Gasteiger charge is 2.44. The molecule has 4 aliphatic heterocycles. The Labute approximate surface area is 319 Å². The van der Waals surface area contributed by atoms with Crippen molar-refractivity contribution in [2.45, 2.75) is 75.5 Å². The monoisotopic (exact) mass is 788 g/mol. The van der Waals surface area contributed by atoms with Crippen molar-refractivity contribution in [3.8, 4) is 0 Å². The van der Waals surface area contributed by atoms with Crippen LogP contribution in [0, 0.1) is 23.3 Å². The first-order chi connectivity index (χ1) is 26.6. The number of rotatable bonds is 4. The molecule has 2 atom stereocenters. The van der Waals surface area contributed by atoms with Crippen molar-refractivity contribution in [2.75, 3.05) is 66.6 Å². The number of halogens is 4. The predicted octanol–water partition coefficient (Wildman–Crippen LogP) is 4.95. The summed E-state index contributed by atoms with van der Waals surface area (Å²) < 4.78 is 67.1. The first kappa shape index (κ1) is 39.4. The van der Waals surface area contributed by atoms with Crippen molar-refractivity contribution in [3.05, 3.63) is 68.5 Å². The zero-order valence-electron chi connectivity index (χ0n) is 32.0. The molecule has 2 amide bonds. The number of hydrogen-bond donors (Lipinski definition) is 2. The maximum absolute atomic E-state index is 13.7.